The predicted octanol–water partition coefficient (Wildman–Crippen LogP) is 12.0. The zero-order chi connectivity index (χ0) is 30.3. The first-order valence-electron chi connectivity index (χ1n) is 15.2. The van der Waals surface area contributed by atoms with Gasteiger partial charge in [0, 0.05) is 39.7 Å². The van der Waals surface area contributed by atoms with Gasteiger partial charge in [-0.25, -0.2) is 0 Å². The molecule has 7 aromatic carbocycles. The second kappa shape index (κ2) is 13.1. The van der Waals surface area contributed by atoms with Crippen molar-refractivity contribution in [1.29, 1.82) is 0 Å². The van der Waals surface area contributed by atoms with E-state index in [2.05, 4.69) is 209 Å². The largest absolute Gasteiger partial charge is 0.355 e. The lowest BCUT2D eigenvalue weighted by molar-refractivity contribution is 1.25. The molecule has 0 saturated carbocycles. The summed E-state index contributed by atoms with van der Waals surface area (Å²) in [5.41, 5.74) is 10.8. The maximum absolute atomic E-state index is 3.81. The van der Waals surface area contributed by atoms with Crippen LogP contribution < -0.4 is 15.1 Å². The molecule has 45 heavy (non-hydrogen) atoms. The summed E-state index contributed by atoms with van der Waals surface area (Å²) in [6, 6.07) is 68.0. The van der Waals surface area contributed by atoms with E-state index in [1.165, 1.54) is 5.56 Å². The molecule has 0 bridgehead atoms. The van der Waals surface area contributed by atoms with Gasteiger partial charge in [-0.2, -0.15) is 0 Å². The fourth-order valence-corrected chi connectivity index (χ4v) is 5.75. The number of hydrogen-bond donors (Lipinski definition) is 1. The second-order valence-corrected chi connectivity index (χ2v) is 10.8. The monoisotopic (exact) mass is 579 g/mol. The second-order valence-electron chi connectivity index (χ2n) is 10.8. The summed E-state index contributed by atoms with van der Waals surface area (Å²) in [5.74, 6) is 0. The van der Waals surface area contributed by atoms with Gasteiger partial charge in [0.2, 0.25) is 0 Å². The molecule has 0 radical (unpaired) electrons. The number of anilines is 8. The van der Waals surface area contributed by atoms with Crippen molar-refractivity contribution in [1.82, 2.24) is 0 Å². The van der Waals surface area contributed by atoms with Gasteiger partial charge in [0.05, 0.1) is 11.4 Å². The zero-order valence-corrected chi connectivity index (χ0v) is 24.9. The van der Waals surface area contributed by atoms with Gasteiger partial charge in [-0.1, -0.05) is 121 Å². The van der Waals surface area contributed by atoms with Crippen LogP contribution in [0.4, 0.5) is 45.5 Å². The van der Waals surface area contributed by atoms with Gasteiger partial charge in [0.15, 0.2) is 0 Å². The number of nitrogens with zero attached hydrogens (tertiary/aromatic N) is 2. The van der Waals surface area contributed by atoms with Crippen LogP contribution >= 0.6 is 0 Å². The number of para-hydroxylation sites is 5. The van der Waals surface area contributed by atoms with E-state index in [0.717, 1.165) is 51.1 Å². The van der Waals surface area contributed by atoms with Crippen molar-refractivity contribution in [3.05, 3.63) is 194 Å². The van der Waals surface area contributed by atoms with Crippen LogP contribution in [0.25, 0.3) is 11.1 Å². The predicted molar refractivity (Wildman–Crippen MR) is 191 cm³/mol. The molecule has 0 aliphatic rings. The van der Waals surface area contributed by atoms with Crippen LogP contribution in [0.2, 0.25) is 0 Å². The molecular weight excluding hydrogens is 546 g/mol. The lowest BCUT2D eigenvalue weighted by Gasteiger charge is -2.30. The highest BCUT2D eigenvalue weighted by atomic mass is 15.2. The fraction of sp³-hybridized carbons (Fsp3) is 0. The molecule has 0 heterocycles. The topological polar surface area (TPSA) is 18.5 Å². The Hall–Kier alpha value is -6.06. The highest BCUT2D eigenvalue weighted by Gasteiger charge is 2.19. The lowest BCUT2D eigenvalue weighted by Crippen LogP contribution is -2.13. The molecule has 0 aromatic heterocycles. The van der Waals surface area contributed by atoms with Crippen LogP contribution in [-0.4, -0.2) is 0 Å². The number of hydrogen-bond acceptors (Lipinski definition) is 3. The first-order valence-corrected chi connectivity index (χ1v) is 15.2. The molecule has 0 amide bonds. The first-order chi connectivity index (χ1) is 22.3. The molecule has 0 unspecified atom stereocenters. The van der Waals surface area contributed by atoms with Crippen molar-refractivity contribution >= 4 is 45.5 Å². The Morgan fingerprint density at radius 1 is 0.311 bits per heavy atom. The molecule has 3 heteroatoms. The minimum atomic E-state index is 0.986. The Bertz CT molecular complexity index is 1780. The lowest BCUT2D eigenvalue weighted by atomic mass is 10.0. The molecule has 0 spiro atoms. The highest BCUT2D eigenvalue weighted by Crippen LogP contribution is 2.43. The minimum absolute atomic E-state index is 0.986. The average Bonchev–Trinajstić information content (AvgIpc) is 3.11. The van der Waals surface area contributed by atoms with E-state index in [4.69, 9.17) is 0 Å². The Morgan fingerprint density at radius 3 is 1.09 bits per heavy atom. The van der Waals surface area contributed by atoms with Gasteiger partial charge >= 0.3 is 0 Å². The molecule has 216 valence electrons. The fourth-order valence-electron chi connectivity index (χ4n) is 5.75. The van der Waals surface area contributed by atoms with Crippen molar-refractivity contribution < 1.29 is 0 Å². The molecule has 3 nitrogen and oxygen atoms in total. The van der Waals surface area contributed by atoms with Gasteiger partial charge in [-0.15, -0.1) is 0 Å². The summed E-state index contributed by atoms with van der Waals surface area (Å²) in [6.07, 6.45) is 0. The molecule has 0 aliphatic carbocycles. The summed E-state index contributed by atoms with van der Waals surface area (Å²) in [5, 5.41) is 3.81. The van der Waals surface area contributed by atoms with Crippen LogP contribution in [0, 0.1) is 0 Å². The number of rotatable bonds is 9. The molecule has 0 fully saturated rings. The Labute approximate surface area is 265 Å². The molecule has 0 saturated heterocycles. The Morgan fingerprint density at radius 2 is 0.667 bits per heavy atom. The van der Waals surface area contributed by atoms with Gasteiger partial charge < -0.3 is 15.1 Å². The summed E-state index contributed by atoms with van der Waals surface area (Å²) >= 11 is 0. The first kappa shape index (κ1) is 27.8. The normalized spacial score (nSPS) is 10.7. The van der Waals surface area contributed by atoms with Crippen LogP contribution in [0.5, 0.6) is 0 Å². The third-order valence-corrected chi connectivity index (χ3v) is 7.77. The van der Waals surface area contributed by atoms with Crippen molar-refractivity contribution in [3.8, 4) is 11.1 Å². The van der Waals surface area contributed by atoms with E-state index in [1.807, 2.05) is 0 Å². The SMILES string of the molecule is c1ccc(-c2ccccc2Nc2cc(N(c3ccccc3)c3ccccc3)cc(N(c3ccccc3)c3ccccc3)c2)cc1. The Kier molecular flexibility index (Phi) is 8.06. The van der Waals surface area contributed by atoms with Crippen LogP contribution in [0.3, 0.4) is 0 Å². The quantitative estimate of drug-likeness (QED) is 0.183. The summed E-state index contributed by atoms with van der Waals surface area (Å²) in [6.45, 7) is 0. The van der Waals surface area contributed by atoms with Gasteiger partial charge in [-0.3, -0.25) is 0 Å². The van der Waals surface area contributed by atoms with Crippen molar-refractivity contribution in [2.24, 2.45) is 0 Å². The van der Waals surface area contributed by atoms with E-state index < -0.39 is 0 Å². The molecule has 0 aliphatic heterocycles. The van der Waals surface area contributed by atoms with Gasteiger partial charge in [0.1, 0.15) is 0 Å². The number of benzene rings is 7. The van der Waals surface area contributed by atoms with Crippen LogP contribution in [-0.2, 0) is 0 Å². The van der Waals surface area contributed by atoms with E-state index in [1.54, 1.807) is 0 Å². The molecule has 0 atom stereocenters. The van der Waals surface area contributed by atoms with Gasteiger partial charge in [0.25, 0.3) is 0 Å². The van der Waals surface area contributed by atoms with Crippen LogP contribution in [0.1, 0.15) is 0 Å². The molecule has 1 N–H and O–H groups in total. The molecular formula is C42H33N3. The van der Waals surface area contributed by atoms with Crippen molar-refractivity contribution in [3.63, 3.8) is 0 Å². The third kappa shape index (κ3) is 6.20. The van der Waals surface area contributed by atoms with E-state index >= 15 is 0 Å². The third-order valence-electron chi connectivity index (χ3n) is 7.77. The zero-order valence-electron chi connectivity index (χ0n) is 24.9. The van der Waals surface area contributed by atoms with E-state index in [9.17, 15) is 0 Å². The van der Waals surface area contributed by atoms with Crippen molar-refractivity contribution in [2.45, 2.75) is 0 Å². The maximum atomic E-state index is 3.81. The standard InChI is InChI=1S/C42H33N3/c1-6-18-33(19-7-1)41-28-16-17-29-42(41)43-34-30-39(44(35-20-8-2-9-21-35)36-22-10-3-11-23-36)32-40(31-34)45(37-24-12-4-13-25-37)38-26-14-5-15-27-38/h1-32,43H. The van der Waals surface area contributed by atoms with E-state index in [-0.39, 0.29) is 0 Å². The summed E-state index contributed by atoms with van der Waals surface area (Å²) in [4.78, 5) is 4.62. The maximum Gasteiger partial charge on any atom is 0.0503 e. The van der Waals surface area contributed by atoms with Crippen molar-refractivity contribution in [2.75, 3.05) is 15.1 Å². The molecule has 7 aromatic rings. The summed E-state index contributed by atoms with van der Waals surface area (Å²) in [7, 11) is 0. The van der Waals surface area contributed by atoms with Crippen LogP contribution in [0.15, 0.2) is 194 Å². The van der Waals surface area contributed by atoms with Gasteiger partial charge in [-0.05, 0) is 78.4 Å². The minimum Gasteiger partial charge on any atom is -0.355 e. The molecule has 7 rings (SSSR count). The smallest absolute Gasteiger partial charge is 0.0503 e. The average molecular weight is 580 g/mol. The number of nitrogens with one attached hydrogen (secondary N) is 1. The Balaban J connectivity index is 1.44. The van der Waals surface area contributed by atoms with E-state index in [0.29, 0.717) is 0 Å². The summed E-state index contributed by atoms with van der Waals surface area (Å²) < 4.78 is 0. The highest BCUT2D eigenvalue weighted by molar-refractivity contribution is 5.88.